The average Bonchev–Trinajstić information content (AvgIpc) is 2.84. The minimum atomic E-state index is -0.185. The topological polar surface area (TPSA) is 46.5 Å². The minimum absolute atomic E-state index is 0.0234. The molecule has 4 aliphatic rings. The molecule has 0 unspecified atom stereocenters. The summed E-state index contributed by atoms with van der Waals surface area (Å²) in [5, 5.41) is 10.5. The molecule has 4 rings (SSSR count). The first kappa shape index (κ1) is 16.1. The number of aliphatic hydroxyl groups excluding tert-OH is 1. The molecule has 0 aromatic rings. The number of allylic oxidation sites excluding steroid dienone is 4. The van der Waals surface area contributed by atoms with E-state index >= 15 is 0 Å². The largest absolute Gasteiger partial charge is 0.497 e. The van der Waals surface area contributed by atoms with E-state index in [1.165, 1.54) is 0 Å². The summed E-state index contributed by atoms with van der Waals surface area (Å²) in [7, 11) is 1.70. The Morgan fingerprint density at radius 1 is 1.25 bits per heavy atom. The van der Waals surface area contributed by atoms with Crippen molar-refractivity contribution in [1.29, 1.82) is 0 Å². The van der Waals surface area contributed by atoms with E-state index < -0.39 is 0 Å². The van der Waals surface area contributed by atoms with Gasteiger partial charge in [0.25, 0.3) is 0 Å². The van der Waals surface area contributed by atoms with E-state index in [-0.39, 0.29) is 22.7 Å². The number of hydrogen-bond donors (Lipinski definition) is 1. The van der Waals surface area contributed by atoms with Gasteiger partial charge in [0.2, 0.25) is 0 Å². The Bertz CT molecular complexity index is 673. The van der Waals surface area contributed by atoms with Gasteiger partial charge in [0, 0.05) is 11.0 Å². The summed E-state index contributed by atoms with van der Waals surface area (Å²) in [6, 6.07) is 0. The van der Waals surface area contributed by atoms with Crippen LogP contribution in [0.5, 0.6) is 0 Å². The molecule has 0 bridgehead atoms. The fourth-order valence-corrected chi connectivity index (χ4v) is 6.29. The highest BCUT2D eigenvalue weighted by molar-refractivity contribution is 6.05. The molecule has 2 fully saturated rings. The van der Waals surface area contributed by atoms with Gasteiger partial charge in [-0.1, -0.05) is 20.4 Å². The van der Waals surface area contributed by atoms with Crippen molar-refractivity contribution in [2.75, 3.05) is 7.11 Å². The van der Waals surface area contributed by atoms with Gasteiger partial charge in [-0.25, -0.2) is 0 Å². The second-order valence-electron chi connectivity index (χ2n) is 8.78. The van der Waals surface area contributed by atoms with Crippen LogP contribution < -0.4 is 0 Å². The number of aliphatic hydroxyl groups is 1. The molecule has 4 aliphatic carbocycles. The molecule has 3 heteroatoms. The Hall–Kier alpha value is -1.35. The third-order valence-electron chi connectivity index (χ3n) is 7.75. The van der Waals surface area contributed by atoms with Crippen LogP contribution in [0.2, 0.25) is 0 Å². The van der Waals surface area contributed by atoms with E-state index in [2.05, 4.69) is 26.5 Å². The van der Waals surface area contributed by atoms with Gasteiger partial charge >= 0.3 is 0 Å². The lowest BCUT2D eigenvalue weighted by atomic mass is 9.48. The first-order valence-corrected chi connectivity index (χ1v) is 9.20. The summed E-state index contributed by atoms with van der Waals surface area (Å²) >= 11 is 0. The van der Waals surface area contributed by atoms with Crippen molar-refractivity contribution in [2.24, 2.45) is 28.6 Å². The van der Waals surface area contributed by atoms with Gasteiger partial charge in [0.15, 0.2) is 5.78 Å². The summed E-state index contributed by atoms with van der Waals surface area (Å²) in [5.74, 6) is 2.32. The highest BCUT2D eigenvalue weighted by Crippen LogP contribution is 2.64. The summed E-state index contributed by atoms with van der Waals surface area (Å²) in [6.07, 6.45) is 8.72. The summed E-state index contributed by atoms with van der Waals surface area (Å²) < 4.78 is 5.72. The monoisotopic (exact) mass is 328 g/mol. The molecule has 6 atom stereocenters. The third-order valence-corrected chi connectivity index (χ3v) is 7.75. The van der Waals surface area contributed by atoms with Crippen molar-refractivity contribution >= 4 is 5.78 Å². The Balaban J connectivity index is 1.84. The Labute approximate surface area is 144 Å². The van der Waals surface area contributed by atoms with E-state index in [0.29, 0.717) is 17.8 Å². The molecule has 3 nitrogen and oxygen atoms in total. The van der Waals surface area contributed by atoms with Gasteiger partial charge in [0.05, 0.1) is 13.2 Å². The molecule has 0 spiro atoms. The molecule has 0 radical (unpaired) electrons. The molecule has 1 N–H and O–H groups in total. The fraction of sp³-hybridized carbons (Fsp3) is 0.667. The predicted molar refractivity (Wildman–Crippen MR) is 93.1 cm³/mol. The number of carbonyl (C=O) groups is 1. The fourth-order valence-electron chi connectivity index (χ4n) is 6.29. The quantitative estimate of drug-likeness (QED) is 0.745. The zero-order valence-electron chi connectivity index (χ0n) is 15.0. The third kappa shape index (κ3) is 1.91. The standard InChI is InChI=1S/C21H28O3/c1-12-11-21(3)15-7-8-20(2)14(5-6-19(20)23)13(15)9-18(24-4)16(21)10-17(12)22/h9-10,13-15,19,23H,1,5-8,11H2,2-4H3/t13-,14-,15-,19-,20-,21+/m0/s1. The number of carbonyl (C=O) groups excluding carboxylic acids is 1. The van der Waals surface area contributed by atoms with E-state index in [9.17, 15) is 9.90 Å². The lowest BCUT2D eigenvalue weighted by Gasteiger charge is -2.56. The molecule has 0 heterocycles. The van der Waals surface area contributed by atoms with Gasteiger partial charge in [-0.3, -0.25) is 4.79 Å². The number of methoxy groups -OCH3 is 1. The molecular weight excluding hydrogens is 300 g/mol. The zero-order valence-corrected chi connectivity index (χ0v) is 15.0. The van der Waals surface area contributed by atoms with Crippen LogP contribution >= 0.6 is 0 Å². The van der Waals surface area contributed by atoms with Crippen molar-refractivity contribution in [3.63, 3.8) is 0 Å². The molecule has 2 saturated carbocycles. The van der Waals surface area contributed by atoms with Crippen molar-refractivity contribution in [1.82, 2.24) is 0 Å². The lowest BCUT2D eigenvalue weighted by molar-refractivity contribution is -0.112. The molecule has 24 heavy (non-hydrogen) atoms. The maximum absolute atomic E-state index is 12.2. The number of ketones is 1. The first-order chi connectivity index (χ1) is 11.3. The smallest absolute Gasteiger partial charge is 0.181 e. The van der Waals surface area contributed by atoms with Gasteiger partial charge in [-0.15, -0.1) is 0 Å². The molecule has 0 saturated heterocycles. The van der Waals surface area contributed by atoms with Gasteiger partial charge in [-0.2, -0.15) is 0 Å². The first-order valence-electron chi connectivity index (χ1n) is 9.20. The number of ether oxygens (including phenoxy) is 1. The van der Waals surface area contributed by atoms with Crippen LogP contribution in [0.1, 0.15) is 46.0 Å². The second kappa shape index (κ2) is 5.08. The normalized spacial score (nSPS) is 47.3. The summed E-state index contributed by atoms with van der Waals surface area (Å²) in [5.41, 5.74) is 1.73. The SMILES string of the molecule is C=C1C[C@@]2(C)C(=CC1=O)C(OC)=C[C@H]1[C@@H]3CC[C@H](O)[C@@]3(C)CC[C@@H]12. The lowest BCUT2D eigenvalue weighted by Crippen LogP contribution is -2.50. The van der Waals surface area contributed by atoms with Crippen LogP contribution in [0.3, 0.4) is 0 Å². The van der Waals surface area contributed by atoms with Crippen LogP contribution in [0, 0.1) is 28.6 Å². The van der Waals surface area contributed by atoms with Gasteiger partial charge in [0.1, 0.15) is 5.76 Å². The molecule has 0 amide bonds. The van der Waals surface area contributed by atoms with Crippen molar-refractivity contribution in [3.8, 4) is 0 Å². The van der Waals surface area contributed by atoms with Crippen LogP contribution in [0.4, 0.5) is 0 Å². The number of fused-ring (bicyclic) bond motifs is 5. The minimum Gasteiger partial charge on any atom is -0.497 e. The van der Waals surface area contributed by atoms with Crippen molar-refractivity contribution in [2.45, 2.75) is 52.1 Å². The maximum Gasteiger partial charge on any atom is 0.181 e. The maximum atomic E-state index is 12.2. The molecule has 0 aromatic carbocycles. The Kier molecular flexibility index (Phi) is 3.41. The molecule has 0 aromatic heterocycles. The highest BCUT2D eigenvalue weighted by Gasteiger charge is 2.59. The van der Waals surface area contributed by atoms with Crippen LogP contribution in [-0.2, 0) is 9.53 Å². The summed E-state index contributed by atoms with van der Waals surface area (Å²) in [4.78, 5) is 12.2. The zero-order chi connectivity index (χ0) is 17.3. The number of rotatable bonds is 1. The van der Waals surface area contributed by atoms with Crippen LogP contribution in [-0.4, -0.2) is 24.1 Å². The van der Waals surface area contributed by atoms with Crippen LogP contribution in [0.15, 0.2) is 35.6 Å². The number of hydrogen-bond acceptors (Lipinski definition) is 3. The second-order valence-corrected chi connectivity index (χ2v) is 8.78. The predicted octanol–water partition coefficient (Wildman–Crippen LogP) is 3.80. The average molecular weight is 328 g/mol. The Morgan fingerprint density at radius 3 is 2.71 bits per heavy atom. The van der Waals surface area contributed by atoms with E-state index in [0.717, 1.165) is 49.0 Å². The van der Waals surface area contributed by atoms with Crippen LogP contribution in [0.25, 0.3) is 0 Å². The van der Waals surface area contributed by atoms with E-state index in [1.54, 1.807) is 13.2 Å². The van der Waals surface area contributed by atoms with E-state index in [4.69, 9.17) is 4.74 Å². The summed E-state index contributed by atoms with van der Waals surface area (Å²) in [6.45, 7) is 8.57. The van der Waals surface area contributed by atoms with E-state index in [1.807, 2.05) is 0 Å². The molecule has 130 valence electrons. The van der Waals surface area contributed by atoms with Crippen molar-refractivity contribution < 1.29 is 14.6 Å². The molecular formula is C21H28O3. The Morgan fingerprint density at radius 2 is 2.00 bits per heavy atom. The van der Waals surface area contributed by atoms with Gasteiger partial charge < -0.3 is 9.84 Å². The highest BCUT2D eigenvalue weighted by atomic mass is 16.5. The molecule has 0 aliphatic heterocycles. The van der Waals surface area contributed by atoms with Gasteiger partial charge in [-0.05, 0) is 73.0 Å². The van der Waals surface area contributed by atoms with Crippen molar-refractivity contribution in [3.05, 3.63) is 35.6 Å².